The van der Waals surface area contributed by atoms with E-state index in [-0.39, 0.29) is 5.91 Å². The zero-order valence-electron chi connectivity index (χ0n) is 13.9. The number of hydrogen-bond acceptors (Lipinski definition) is 3. The van der Waals surface area contributed by atoms with Gasteiger partial charge in [0.15, 0.2) is 5.58 Å². The van der Waals surface area contributed by atoms with Gasteiger partial charge in [0.2, 0.25) is 11.8 Å². The van der Waals surface area contributed by atoms with Gasteiger partial charge >= 0.3 is 0 Å². The number of amides is 1. The van der Waals surface area contributed by atoms with Crippen molar-refractivity contribution in [3.05, 3.63) is 90.5 Å². The van der Waals surface area contributed by atoms with Gasteiger partial charge in [0.1, 0.15) is 5.52 Å². The zero-order valence-corrected chi connectivity index (χ0v) is 13.9. The summed E-state index contributed by atoms with van der Waals surface area (Å²) in [6.45, 7) is 0. The Hall–Kier alpha value is -3.66. The standard InChI is InChI=1S/C22H16N2O2/c25-21(14-13-16-7-2-1-3-8-16)23-18-10-6-9-17(15-18)22-24-19-11-4-5-12-20(19)26-22/h1-15H,(H,23,25)/b14-13-. The molecule has 0 atom stereocenters. The summed E-state index contributed by atoms with van der Waals surface area (Å²) in [6.07, 6.45) is 3.29. The van der Waals surface area contributed by atoms with E-state index in [2.05, 4.69) is 10.3 Å². The predicted octanol–water partition coefficient (Wildman–Crippen LogP) is 5.15. The maximum atomic E-state index is 12.1. The second-order valence-electron chi connectivity index (χ2n) is 5.80. The van der Waals surface area contributed by atoms with Crippen molar-refractivity contribution in [1.82, 2.24) is 4.98 Å². The van der Waals surface area contributed by atoms with Crippen LogP contribution in [0.1, 0.15) is 5.56 Å². The Labute approximate surface area is 150 Å². The number of carbonyl (C=O) groups excluding carboxylic acids is 1. The number of benzene rings is 3. The summed E-state index contributed by atoms with van der Waals surface area (Å²) in [4.78, 5) is 16.6. The average Bonchev–Trinajstić information content (AvgIpc) is 3.12. The Bertz CT molecular complexity index is 1050. The molecule has 126 valence electrons. The topological polar surface area (TPSA) is 55.1 Å². The Kier molecular flexibility index (Phi) is 4.31. The average molecular weight is 340 g/mol. The maximum Gasteiger partial charge on any atom is 0.248 e. The number of aromatic nitrogens is 1. The van der Waals surface area contributed by atoms with E-state index in [9.17, 15) is 4.79 Å². The molecule has 4 nitrogen and oxygen atoms in total. The van der Waals surface area contributed by atoms with Gasteiger partial charge in [-0.15, -0.1) is 0 Å². The van der Waals surface area contributed by atoms with Crippen LogP contribution in [0.25, 0.3) is 28.6 Å². The number of nitrogens with zero attached hydrogens (tertiary/aromatic N) is 1. The largest absolute Gasteiger partial charge is 0.436 e. The van der Waals surface area contributed by atoms with Crippen LogP contribution in [0.2, 0.25) is 0 Å². The highest BCUT2D eigenvalue weighted by Crippen LogP contribution is 2.26. The predicted molar refractivity (Wildman–Crippen MR) is 104 cm³/mol. The molecule has 0 unspecified atom stereocenters. The molecule has 1 amide bonds. The minimum absolute atomic E-state index is 0.191. The third-order valence-electron chi connectivity index (χ3n) is 3.90. The van der Waals surface area contributed by atoms with Crippen LogP contribution >= 0.6 is 0 Å². The molecule has 0 aliphatic heterocycles. The van der Waals surface area contributed by atoms with E-state index in [1.165, 1.54) is 6.08 Å². The van der Waals surface area contributed by atoms with Crippen LogP contribution in [0.4, 0.5) is 5.69 Å². The summed E-state index contributed by atoms with van der Waals surface area (Å²) >= 11 is 0. The van der Waals surface area contributed by atoms with Crippen LogP contribution < -0.4 is 5.32 Å². The van der Waals surface area contributed by atoms with Crippen LogP contribution in [0, 0.1) is 0 Å². The quantitative estimate of drug-likeness (QED) is 0.523. The van der Waals surface area contributed by atoms with E-state index in [1.807, 2.05) is 78.9 Å². The first-order valence-electron chi connectivity index (χ1n) is 8.28. The number of fused-ring (bicyclic) bond motifs is 1. The molecule has 4 aromatic rings. The first-order chi connectivity index (χ1) is 12.8. The minimum atomic E-state index is -0.191. The molecule has 4 heteroatoms. The number of nitrogens with one attached hydrogen (secondary N) is 1. The molecule has 0 saturated heterocycles. The second kappa shape index (κ2) is 7.07. The molecule has 1 N–H and O–H groups in total. The van der Waals surface area contributed by atoms with Crippen LogP contribution in [-0.2, 0) is 4.79 Å². The number of oxazole rings is 1. The second-order valence-corrected chi connectivity index (χ2v) is 5.80. The van der Waals surface area contributed by atoms with E-state index in [0.29, 0.717) is 11.6 Å². The van der Waals surface area contributed by atoms with E-state index < -0.39 is 0 Å². The van der Waals surface area contributed by atoms with Gasteiger partial charge in [-0.1, -0.05) is 48.5 Å². The lowest BCUT2D eigenvalue weighted by Crippen LogP contribution is -2.07. The van der Waals surface area contributed by atoms with Gasteiger partial charge in [0, 0.05) is 17.3 Å². The van der Waals surface area contributed by atoms with Crippen molar-refractivity contribution in [2.45, 2.75) is 0 Å². The summed E-state index contributed by atoms with van der Waals surface area (Å²) in [5, 5.41) is 2.86. The molecule has 0 bridgehead atoms. The normalized spacial score (nSPS) is 11.1. The molecular weight excluding hydrogens is 324 g/mol. The highest BCUT2D eigenvalue weighted by molar-refractivity contribution is 6.02. The number of anilines is 1. The SMILES string of the molecule is O=C(/C=C\c1ccccc1)Nc1cccc(-c2nc3ccccc3o2)c1. The fourth-order valence-corrected chi connectivity index (χ4v) is 2.65. The fraction of sp³-hybridized carbons (Fsp3) is 0. The van der Waals surface area contributed by atoms with Crippen molar-refractivity contribution in [2.75, 3.05) is 5.32 Å². The Morgan fingerprint density at radius 1 is 0.923 bits per heavy atom. The molecule has 0 fully saturated rings. The summed E-state index contributed by atoms with van der Waals surface area (Å²) in [6, 6.07) is 24.7. The Morgan fingerprint density at radius 2 is 1.73 bits per heavy atom. The van der Waals surface area contributed by atoms with Gasteiger partial charge in [-0.05, 0) is 42.0 Å². The summed E-state index contributed by atoms with van der Waals surface area (Å²) in [5.74, 6) is 0.339. The first kappa shape index (κ1) is 15.8. The smallest absolute Gasteiger partial charge is 0.248 e. The van der Waals surface area contributed by atoms with E-state index in [0.717, 1.165) is 22.2 Å². The van der Waals surface area contributed by atoms with Crippen LogP contribution in [-0.4, -0.2) is 10.9 Å². The minimum Gasteiger partial charge on any atom is -0.436 e. The van der Waals surface area contributed by atoms with E-state index in [1.54, 1.807) is 6.08 Å². The molecule has 4 rings (SSSR count). The van der Waals surface area contributed by atoms with Gasteiger partial charge in [-0.25, -0.2) is 4.98 Å². The molecule has 26 heavy (non-hydrogen) atoms. The number of carbonyl (C=O) groups is 1. The maximum absolute atomic E-state index is 12.1. The van der Waals surface area contributed by atoms with Gasteiger partial charge in [0.05, 0.1) is 0 Å². The van der Waals surface area contributed by atoms with E-state index in [4.69, 9.17) is 4.42 Å². The van der Waals surface area contributed by atoms with Crippen molar-refractivity contribution >= 4 is 28.8 Å². The molecule has 0 aliphatic rings. The molecule has 1 heterocycles. The third kappa shape index (κ3) is 3.54. The molecular formula is C22H16N2O2. The highest BCUT2D eigenvalue weighted by Gasteiger charge is 2.08. The fourth-order valence-electron chi connectivity index (χ4n) is 2.65. The summed E-state index contributed by atoms with van der Waals surface area (Å²) < 4.78 is 5.78. The van der Waals surface area contributed by atoms with Crippen LogP contribution in [0.3, 0.4) is 0 Å². The van der Waals surface area contributed by atoms with Gasteiger partial charge in [-0.3, -0.25) is 4.79 Å². The molecule has 0 radical (unpaired) electrons. The number of hydrogen-bond donors (Lipinski definition) is 1. The Morgan fingerprint density at radius 3 is 2.58 bits per heavy atom. The molecule has 0 spiro atoms. The van der Waals surface area contributed by atoms with Gasteiger partial charge in [-0.2, -0.15) is 0 Å². The monoisotopic (exact) mass is 340 g/mol. The van der Waals surface area contributed by atoms with Crippen molar-refractivity contribution in [1.29, 1.82) is 0 Å². The lowest BCUT2D eigenvalue weighted by molar-refractivity contribution is -0.111. The summed E-state index contributed by atoms with van der Waals surface area (Å²) in [7, 11) is 0. The van der Waals surface area contributed by atoms with Crippen molar-refractivity contribution in [2.24, 2.45) is 0 Å². The molecule has 0 saturated carbocycles. The summed E-state index contributed by atoms with van der Waals surface area (Å²) in [5.41, 5.74) is 4.02. The third-order valence-corrected chi connectivity index (χ3v) is 3.90. The van der Waals surface area contributed by atoms with Crippen LogP contribution in [0.5, 0.6) is 0 Å². The number of rotatable bonds is 4. The first-order valence-corrected chi connectivity index (χ1v) is 8.28. The number of para-hydroxylation sites is 2. The van der Waals surface area contributed by atoms with Crippen molar-refractivity contribution < 1.29 is 9.21 Å². The van der Waals surface area contributed by atoms with Gasteiger partial charge in [0.25, 0.3) is 0 Å². The highest BCUT2D eigenvalue weighted by atomic mass is 16.3. The van der Waals surface area contributed by atoms with E-state index >= 15 is 0 Å². The zero-order chi connectivity index (χ0) is 17.8. The van der Waals surface area contributed by atoms with Gasteiger partial charge < -0.3 is 9.73 Å². The van der Waals surface area contributed by atoms with Crippen molar-refractivity contribution in [3.8, 4) is 11.5 Å². The lowest BCUT2D eigenvalue weighted by Gasteiger charge is -2.03. The lowest BCUT2D eigenvalue weighted by atomic mass is 10.2. The van der Waals surface area contributed by atoms with Crippen LogP contribution in [0.15, 0.2) is 89.4 Å². The van der Waals surface area contributed by atoms with Crippen molar-refractivity contribution in [3.63, 3.8) is 0 Å². The molecule has 1 aromatic heterocycles. The Balaban J connectivity index is 1.52. The molecule has 0 aliphatic carbocycles. The molecule has 3 aromatic carbocycles.